The highest BCUT2D eigenvalue weighted by atomic mass is 32.2. The molecule has 0 radical (unpaired) electrons. The molecule has 0 spiro atoms. The first-order chi connectivity index (χ1) is 5.48. The first-order valence-electron chi connectivity index (χ1n) is 4.18. The Bertz CT molecular complexity index is 229. The summed E-state index contributed by atoms with van der Waals surface area (Å²) in [6, 6.07) is 0. The highest BCUT2D eigenvalue weighted by Crippen LogP contribution is 1.99. The Morgan fingerprint density at radius 2 is 1.83 bits per heavy atom. The molecule has 0 bridgehead atoms. The lowest BCUT2D eigenvalue weighted by molar-refractivity contribution is -0.117. The molecule has 4 heteroatoms. The van der Waals surface area contributed by atoms with Crippen molar-refractivity contribution in [2.75, 3.05) is 11.5 Å². The average molecular weight is 192 g/mol. The summed E-state index contributed by atoms with van der Waals surface area (Å²) in [5.74, 6) is 0.451. The van der Waals surface area contributed by atoms with Crippen molar-refractivity contribution < 1.29 is 13.2 Å². The Labute approximate surface area is 74.1 Å². The van der Waals surface area contributed by atoms with Crippen LogP contribution in [0.25, 0.3) is 0 Å². The summed E-state index contributed by atoms with van der Waals surface area (Å²) in [5.41, 5.74) is 0. The number of hydrogen-bond acceptors (Lipinski definition) is 3. The zero-order chi connectivity index (χ0) is 9.61. The molecule has 0 aliphatic heterocycles. The molecule has 72 valence electrons. The Hall–Kier alpha value is -0.380. The molecule has 0 aromatic rings. The van der Waals surface area contributed by atoms with E-state index in [1.165, 1.54) is 6.92 Å². The van der Waals surface area contributed by atoms with Gasteiger partial charge >= 0.3 is 0 Å². The highest BCUT2D eigenvalue weighted by molar-refractivity contribution is 7.91. The second-order valence-electron chi connectivity index (χ2n) is 2.96. The van der Waals surface area contributed by atoms with Crippen LogP contribution in [0.4, 0.5) is 0 Å². The zero-order valence-corrected chi connectivity index (χ0v) is 8.49. The fraction of sp³-hybridized carbons (Fsp3) is 0.875. The van der Waals surface area contributed by atoms with Crippen LogP contribution >= 0.6 is 0 Å². The number of sulfone groups is 1. The van der Waals surface area contributed by atoms with Crippen molar-refractivity contribution in [3.8, 4) is 0 Å². The summed E-state index contributed by atoms with van der Waals surface area (Å²) in [7, 11) is -2.88. The van der Waals surface area contributed by atoms with Crippen molar-refractivity contribution in [3.63, 3.8) is 0 Å². The molecule has 0 unspecified atom stereocenters. The van der Waals surface area contributed by atoms with Gasteiger partial charge in [-0.1, -0.05) is 6.92 Å². The highest BCUT2D eigenvalue weighted by Gasteiger charge is 2.08. The Balaban J connectivity index is 3.69. The third-order valence-corrected chi connectivity index (χ3v) is 3.44. The van der Waals surface area contributed by atoms with Gasteiger partial charge in [0, 0.05) is 12.2 Å². The van der Waals surface area contributed by atoms with Crippen LogP contribution < -0.4 is 0 Å². The van der Waals surface area contributed by atoms with E-state index in [9.17, 15) is 13.2 Å². The molecular weight excluding hydrogens is 176 g/mol. The molecule has 3 nitrogen and oxygen atoms in total. The van der Waals surface area contributed by atoms with Gasteiger partial charge in [-0.15, -0.1) is 0 Å². The van der Waals surface area contributed by atoms with Crippen LogP contribution in [-0.4, -0.2) is 25.7 Å². The van der Waals surface area contributed by atoms with Crippen LogP contribution in [0.2, 0.25) is 0 Å². The van der Waals surface area contributed by atoms with E-state index in [0.717, 1.165) is 0 Å². The van der Waals surface area contributed by atoms with Crippen molar-refractivity contribution in [1.29, 1.82) is 0 Å². The number of carbonyl (C=O) groups excluding carboxylic acids is 1. The maximum atomic E-state index is 11.1. The Kier molecular flexibility index (Phi) is 5.13. The van der Waals surface area contributed by atoms with Crippen LogP contribution in [0.5, 0.6) is 0 Å². The van der Waals surface area contributed by atoms with Gasteiger partial charge in [-0.25, -0.2) is 8.42 Å². The molecule has 0 aliphatic rings. The van der Waals surface area contributed by atoms with E-state index in [1.54, 1.807) is 0 Å². The van der Waals surface area contributed by atoms with Gasteiger partial charge in [-0.3, -0.25) is 0 Å². The number of ketones is 1. The first kappa shape index (κ1) is 11.6. The SMILES string of the molecule is CCCS(=O)(=O)CCCC(C)=O. The van der Waals surface area contributed by atoms with E-state index >= 15 is 0 Å². The van der Waals surface area contributed by atoms with E-state index in [-0.39, 0.29) is 17.3 Å². The minimum atomic E-state index is -2.88. The first-order valence-corrected chi connectivity index (χ1v) is 6.00. The smallest absolute Gasteiger partial charge is 0.150 e. The van der Waals surface area contributed by atoms with Crippen LogP contribution in [0, 0.1) is 0 Å². The van der Waals surface area contributed by atoms with Gasteiger partial charge in [0.2, 0.25) is 0 Å². The normalized spacial score (nSPS) is 11.5. The molecule has 12 heavy (non-hydrogen) atoms. The summed E-state index contributed by atoms with van der Waals surface area (Å²) in [5, 5.41) is 0. The van der Waals surface area contributed by atoms with Crippen molar-refractivity contribution >= 4 is 15.6 Å². The van der Waals surface area contributed by atoms with Crippen molar-refractivity contribution in [2.45, 2.75) is 33.1 Å². The van der Waals surface area contributed by atoms with E-state index in [2.05, 4.69) is 0 Å². The van der Waals surface area contributed by atoms with Crippen LogP contribution in [-0.2, 0) is 14.6 Å². The van der Waals surface area contributed by atoms with Gasteiger partial charge in [0.25, 0.3) is 0 Å². The topological polar surface area (TPSA) is 51.2 Å². The Morgan fingerprint density at radius 1 is 1.25 bits per heavy atom. The molecule has 0 aliphatic carbocycles. The predicted molar refractivity (Wildman–Crippen MR) is 48.9 cm³/mol. The largest absolute Gasteiger partial charge is 0.300 e. The Morgan fingerprint density at radius 3 is 2.25 bits per heavy atom. The molecule has 0 fully saturated rings. The number of hydrogen-bond donors (Lipinski definition) is 0. The van der Waals surface area contributed by atoms with Crippen molar-refractivity contribution in [2.24, 2.45) is 0 Å². The minimum absolute atomic E-state index is 0.0571. The second kappa shape index (κ2) is 5.30. The van der Waals surface area contributed by atoms with Crippen molar-refractivity contribution in [1.82, 2.24) is 0 Å². The second-order valence-corrected chi connectivity index (χ2v) is 5.26. The third-order valence-electron chi connectivity index (χ3n) is 1.50. The summed E-state index contributed by atoms with van der Waals surface area (Å²) in [6.45, 7) is 3.31. The predicted octanol–water partition coefficient (Wildman–Crippen LogP) is 1.18. The average Bonchev–Trinajstić information content (AvgIpc) is 1.85. The van der Waals surface area contributed by atoms with E-state index in [1.807, 2.05) is 6.92 Å². The lowest BCUT2D eigenvalue weighted by Gasteiger charge is -2.00. The molecule has 0 N–H and O–H groups in total. The standard InChI is InChI=1S/C8H16O3S/c1-3-6-12(10,11)7-4-5-8(2)9/h3-7H2,1-2H3. The van der Waals surface area contributed by atoms with Gasteiger partial charge < -0.3 is 4.79 Å². The fourth-order valence-corrected chi connectivity index (χ4v) is 2.36. The lowest BCUT2D eigenvalue weighted by Crippen LogP contribution is -2.11. The van der Waals surface area contributed by atoms with E-state index < -0.39 is 9.84 Å². The van der Waals surface area contributed by atoms with Crippen LogP contribution in [0.3, 0.4) is 0 Å². The third kappa shape index (κ3) is 6.34. The van der Waals surface area contributed by atoms with Crippen LogP contribution in [0.1, 0.15) is 33.1 Å². The summed E-state index contributed by atoms with van der Waals surface area (Å²) in [4.78, 5) is 10.5. The van der Waals surface area contributed by atoms with Crippen molar-refractivity contribution in [3.05, 3.63) is 0 Å². The van der Waals surface area contributed by atoms with Gasteiger partial charge in [0.15, 0.2) is 0 Å². The van der Waals surface area contributed by atoms with Gasteiger partial charge in [-0.05, 0) is 19.8 Å². The maximum absolute atomic E-state index is 11.1. The summed E-state index contributed by atoms with van der Waals surface area (Å²) < 4.78 is 22.2. The molecule has 0 atom stereocenters. The summed E-state index contributed by atoms with van der Waals surface area (Å²) in [6.07, 6.45) is 1.50. The van der Waals surface area contributed by atoms with Gasteiger partial charge in [0.05, 0.1) is 5.75 Å². The minimum Gasteiger partial charge on any atom is -0.300 e. The fourth-order valence-electron chi connectivity index (χ4n) is 0.954. The molecular formula is C8H16O3S. The molecule has 0 saturated heterocycles. The molecule has 0 aromatic heterocycles. The zero-order valence-electron chi connectivity index (χ0n) is 7.67. The summed E-state index contributed by atoms with van der Waals surface area (Å²) >= 11 is 0. The molecule has 0 rings (SSSR count). The van der Waals surface area contributed by atoms with Gasteiger partial charge in [-0.2, -0.15) is 0 Å². The number of Topliss-reactive ketones (excluding diaryl/α,β-unsaturated/α-hetero) is 1. The molecule has 0 amide bonds. The quantitative estimate of drug-likeness (QED) is 0.635. The molecule has 0 aromatic carbocycles. The number of rotatable bonds is 6. The van der Waals surface area contributed by atoms with Gasteiger partial charge in [0.1, 0.15) is 15.6 Å². The van der Waals surface area contributed by atoms with E-state index in [4.69, 9.17) is 0 Å². The maximum Gasteiger partial charge on any atom is 0.150 e. The number of carbonyl (C=O) groups is 1. The molecule has 0 saturated carbocycles. The lowest BCUT2D eigenvalue weighted by atomic mass is 10.3. The van der Waals surface area contributed by atoms with Crippen LogP contribution in [0.15, 0.2) is 0 Å². The van der Waals surface area contributed by atoms with E-state index in [0.29, 0.717) is 19.3 Å². The molecule has 0 heterocycles. The monoisotopic (exact) mass is 192 g/mol.